The zero-order valence-electron chi connectivity index (χ0n) is 5.63. The summed E-state index contributed by atoms with van der Waals surface area (Å²) in [6.07, 6.45) is 0. The van der Waals surface area contributed by atoms with Gasteiger partial charge >= 0.3 is 0 Å². The first-order valence-electron chi connectivity index (χ1n) is 3.23. The molecule has 2 nitrogen and oxygen atoms in total. The third kappa shape index (κ3) is 0.955. The van der Waals surface area contributed by atoms with Gasteiger partial charge in [-0.25, -0.2) is 0 Å². The molecule has 2 rings (SSSR count). The summed E-state index contributed by atoms with van der Waals surface area (Å²) in [5, 5.41) is 10.6. The van der Waals surface area contributed by atoms with Crippen molar-refractivity contribution < 1.29 is 5.11 Å². The molecule has 0 aliphatic carbocycles. The number of fused-ring (bicyclic) bond motifs is 1. The Morgan fingerprint density at radius 3 is 2.91 bits per heavy atom. The Hall–Kier alpha value is -1.15. The number of rotatable bonds is 0. The van der Waals surface area contributed by atoms with Crippen LogP contribution in [0.25, 0.3) is 10.9 Å². The molecule has 0 radical (unpaired) electrons. The van der Waals surface area contributed by atoms with Gasteiger partial charge in [0.05, 0.1) is 5.52 Å². The molecular weight excluding hydrogens is 162 g/mol. The van der Waals surface area contributed by atoms with E-state index >= 15 is 0 Å². The number of hydrogen-bond acceptors (Lipinski definition) is 1. The third-order valence-electron chi connectivity index (χ3n) is 1.61. The van der Waals surface area contributed by atoms with E-state index in [9.17, 15) is 5.11 Å². The molecule has 0 amide bonds. The van der Waals surface area contributed by atoms with Gasteiger partial charge in [0.15, 0.2) is 0 Å². The maximum atomic E-state index is 9.31. The highest BCUT2D eigenvalue weighted by Gasteiger charge is 2.00. The van der Waals surface area contributed by atoms with Crippen molar-refractivity contribution in [3.05, 3.63) is 29.4 Å². The van der Waals surface area contributed by atoms with Crippen LogP contribution < -0.4 is 0 Å². The summed E-state index contributed by atoms with van der Waals surface area (Å²) in [6, 6.07) is 6.96. The Morgan fingerprint density at radius 2 is 2.18 bits per heavy atom. The lowest BCUT2D eigenvalue weighted by atomic mass is 10.2. The first-order chi connectivity index (χ1) is 5.27. The Kier molecular flexibility index (Phi) is 1.29. The summed E-state index contributed by atoms with van der Waals surface area (Å²) >= 11 is 5.69. The summed E-state index contributed by atoms with van der Waals surface area (Å²) in [4.78, 5) is 2.90. The molecule has 0 atom stereocenters. The third-order valence-corrected chi connectivity index (χ3v) is 1.81. The van der Waals surface area contributed by atoms with E-state index in [0.29, 0.717) is 5.15 Å². The highest BCUT2D eigenvalue weighted by molar-refractivity contribution is 6.30. The van der Waals surface area contributed by atoms with Gasteiger partial charge in [-0.1, -0.05) is 17.7 Å². The number of phenols is 1. The van der Waals surface area contributed by atoms with Gasteiger partial charge in [0.2, 0.25) is 0 Å². The number of benzene rings is 1. The van der Waals surface area contributed by atoms with Crippen molar-refractivity contribution in [2.45, 2.75) is 0 Å². The average molecular weight is 168 g/mol. The number of aromatic amines is 1. The van der Waals surface area contributed by atoms with Crippen molar-refractivity contribution in [3.8, 4) is 5.75 Å². The number of aromatic hydroxyl groups is 1. The normalized spacial score (nSPS) is 10.6. The van der Waals surface area contributed by atoms with Crippen LogP contribution in [0.3, 0.4) is 0 Å². The molecule has 1 aromatic heterocycles. The van der Waals surface area contributed by atoms with Crippen molar-refractivity contribution in [2.24, 2.45) is 0 Å². The molecule has 0 saturated carbocycles. The van der Waals surface area contributed by atoms with Crippen LogP contribution in [0.15, 0.2) is 24.3 Å². The zero-order chi connectivity index (χ0) is 7.84. The minimum atomic E-state index is 0.255. The van der Waals surface area contributed by atoms with E-state index in [-0.39, 0.29) is 5.75 Å². The van der Waals surface area contributed by atoms with E-state index in [1.807, 2.05) is 6.07 Å². The van der Waals surface area contributed by atoms with Gasteiger partial charge in [0, 0.05) is 5.39 Å². The summed E-state index contributed by atoms with van der Waals surface area (Å²) in [7, 11) is 0. The lowest BCUT2D eigenvalue weighted by molar-refractivity contribution is 0.482. The molecule has 0 aliphatic heterocycles. The molecule has 2 aromatic rings. The highest BCUT2D eigenvalue weighted by atomic mass is 35.5. The van der Waals surface area contributed by atoms with Gasteiger partial charge in [-0.15, -0.1) is 0 Å². The predicted octanol–water partition coefficient (Wildman–Crippen LogP) is 2.53. The van der Waals surface area contributed by atoms with Gasteiger partial charge in [-0.3, -0.25) is 0 Å². The molecule has 1 heterocycles. The monoisotopic (exact) mass is 167 g/mol. The Bertz CT molecular complexity index is 394. The molecule has 0 saturated heterocycles. The molecule has 0 unspecified atom stereocenters. The van der Waals surface area contributed by atoms with E-state index in [2.05, 4.69) is 4.98 Å². The first kappa shape index (κ1) is 6.55. The maximum absolute atomic E-state index is 9.31. The predicted molar refractivity (Wildman–Crippen MR) is 45.0 cm³/mol. The fourth-order valence-electron chi connectivity index (χ4n) is 1.11. The second-order valence-corrected chi connectivity index (χ2v) is 2.76. The van der Waals surface area contributed by atoms with Crippen LogP contribution >= 0.6 is 11.6 Å². The van der Waals surface area contributed by atoms with Gasteiger partial charge in [0.1, 0.15) is 10.9 Å². The fraction of sp³-hybridized carbons (Fsp3) is 0. The average Bonchev–Trinajstić information content (AvgIpc) is 2.31. The maximum Gasteiger partial charge on any atom is 0.125 e. The summed E-state index contributed by atoms with van der Waals surface area (Å²) in [5.74, 6) is 0.255. The fourth-order valence-corrected chi connectivity index (χ4v) is 1.32. The van der Waals surface area contributed by atoms with Gasteiger partial charge in [0.25, 0.3) is 0 Å². The first-order valence-corrected chi connectivity index (χ1v) is 3.61. The Labute approximate surface area is 68.4 Å². The van der Waals surface area contributed by atoms with E-state index in [4.69, 9.17) is 11.6 Å². The van der Waals surface area contributed by atoms with Crippen molar-refractivity contribution in [2.75, 3.05) is 0 Å². The number of H-pyrrole nitrogens is 1. The summed E-state index contributed by atoms with van der Waals surface area (Å²) < 4.78 is 0. The molecular formula is C8H6ClNO. The van der Waals surface area contributed by atoms with Crippen LogP contribution in [0, 0.1) is 0 Å². The van der Waals surface area contributed by atoms with Crippen LogP contribution in [-0.4, -0.2) is 10.1 Å². The number of hydrogen-bond donors (Lipinski definition) is 2. The van der Waals surface area contributed by atoms with Crippen molar-refractivity contribution >= 4 is 22.5 Å². The molecule has 0 fully saturated rings. The molecule has 11 heavy (non-hydrogen) atoms. The van der Waals surface area contributed by atoms with Crippen molar-refractivity contribution in [1.82, 2.24) is 4.98 Å². The van der Waals surface area contributed by atoms with E-state index < -0.39 is 0 Å². The van der Waals surface area contributed by atoms with Crippen LogP contribution in [0.1, 0.15) is 0 Å². The molecule has 0 aliphatic rings. The quantitative estimate of drug-likeness (QED) is 0.622. The number of phenolic OH excluding ortho intramolecular Hbond substituents is 1. The lowest BCUT2D eigenvalue weighted by Gasteiger charge is -1.90. The van der Waals surface area contributed by atoms with E-state index in [0.717, 1.165) is 10.9 Å². The number of nitrogens with one attached hydrogen (secondary N) is 1. The van der Waals surface area contributed by atoms with Gasteiger partial charge in [-0.05, 0) is 18.2 Å². The smallest absolute Gasteiger partial charge is 0.125 e. The molecule has 3 heteroatoms. The molecule has 2 N–H and O–H groups in total. The molecule has 0 spiro atoms. The number of aromatic nitrogens is 1. The number of halogens is 1. The summed E-state index contributed by atoms with van der Waals surface area (Å²) in [5.41, 5.74) is 0.856. The topological polar surface area (TPSA) is 36.0 Å². The minimum Gasteiger partial charge on any atom is -0.507 e. The zero-order valence-corrected chi connectivity index (χ0v) is 6.39. The van der Waals surface area contributed by atoms with Gasteiger partial charge < -0.3 is 10.1 Å². The molecule has 0 bridgehead atoms. The SMILES string of the molecule is Oc1cccc2[nH]c(Cl)cc12. The second kappa shape index (κ2) is 2.17. The summed E-state index contributed by atoms with van der Waals surface area (Å²) in [6.45, 7) is 0. The molecule has 1 aromatic carbocycles. The lowest BCUT2D eigenvalue weighted by Crippen LogP contribution is -1.66. The van der Waals surface area contributed by atoms with Crippen LogP contribution in [0.5, 0.6) is 5.75 Å². The van der Waals surface area contributed by atoms with Crippen LogP contribution in [0.4, 0.5) is 0 Å². The van der Waals surface area contributed by atoms with Crippen molar-refractivity contribution in [3.63, 3.8) is 0 Å². The Balaban J connectivity index is 2.90. The van der Waals surface area contributed by atoms with Gasteiger partial charge in [-0.2, -0.15) is 0 Å². The minimum absolute atomic E-state index is 0.255. The largest absolute Gasteiger partial charge is 0.507 e. The van der Waals surface area contributed by atoms with E-state index in [1.54, 1.807) is 18.2 Å². The van der Waals surface area contributed by atoms with Crippen LogP contribution in [0.2, 0.25) is 5.15 Å². The van der Waals surface area contributed by atoms with Crippen LogP contribution in [-0.2, 0) is 0 Å². The standard InChI is InChI=1S/C8H6ClNO/c9-8-4-5-6(10-8)2-1-3-7(5)11/h1-4,10-11H. The molecule has 56 valence electrons. The van der Waals surface area contributed by atoms with Crippen molar-refractivity contribution in [1.29, 1.82) is 0 Å². The Morgan fingerprint density at radius 1 is 1.36 bits per heavy atom. The highest BCUT2D eigenvalue weighted by Crippen LogP contribution is 2.26. The second-order valence-electron chi connectivity index (χ2n) is 2.36. The van der Waals surface area contributed by atoms with E-state index in [1.165, 1.54) is 0 Å².